The molecule has 3 rings (SSSR count). The van der Waals surface area contributed by atoms with Crippen LogP contribution in [0.1, 0.15) is 60.3 Å². The molecule has 3 aliphatic rings. The van der Waals surface area contributed by atoms with Gasteiger partial charge in [0.25, 0.3) is 0 Å². The zero-order chi connectivity index (χ0) is 23.8. The van der Waals surface area contributed by atoms with Crippen LogP contribution >= 0.6 is 0 Å². The molecule has 0 radical (unpaired) electrons. The van der Waals surface area contributed by atoms with Crippen molar-refractivity contribution in [1.82, 2.24) is 0 Å². The number of carbonyl (C=O) groups is 4. The van der Waals surface area contributed by atoms with E-state index >= 15 is 0 Å². The molecule has 1 fully saturated rings. The van der Waals surface area contributed by atoms with E-state index in [0.717, 1.165) is 5.57 Å². The van der Waals surface area contributed by atoms with Crippen molar-refractivity contribution in [2.24, 2.45) is 23.2 Å². The summed E-state index contributed by atoms with van der Waals surface area (Å²) in [5, 5.41) is 0. The van der Waals surface area contributed by atoms with Gasteiger partial charge in [-0.2, -0.15) is 0 Å². The SMILES string of the molecule is CCCC(=O)OC1CCC(C)=CC2OC2(C(C)C(=O)OC)C(=O)C2C(C)C(=O)C=CC12C. The molecule has 32 heavy (non-hydrogen) atoms. The van der Waals surface area contributed by atoms with Crippen LogP contribution in [0, 0.1) is 23.2 Å². The molecule has 0 spiro atoms. The highest BCUT2D eigenvalue weighted by atomic mass is 16.6. The molecular weight excluding hydrogens is 412 g/mol. The zero-order valence-corrected chi connectivity index (χ0v) is 19.8. The van der Waals surface area contributed by atoms with E-state index in [9.17, 15) is 19.2 Å². The van der Waals surface area contributed by atoms with Crippen LogP contribution in [0.2, 0.25) is 0 Å². The van der Waals surface area contributed by atoms with Crippen molar-refractivity contribution in [3.63, 3.8) is 0 Å². The third-order valence-corrected chi connectivity index (χ3v) is 7.44. The Bertz CT molecular complexity index is 872. The molecule has 0 amide bonds. The summed E-state index contributed by atoms with van der Waals surface area (Å²) in [4.78, 5) is 51.8. The lowest BCUT2D eigenvalue weighted by atomic mass is 9.58. The van der Waals surface area contributed by atoms with Gasteiger partial charge >= 0.3 is 11.9 Å². The monoisotopic (exact) mass is 446 g/mol. The van der Waals surface area contributed by atoms with Gasteiger partial charge in [0.05, 0.1) is 13.0 Å². The fourth-order valence-electron chi connectivity index (χ4n) is 5.35. The highest BCUT2D eigenvalue weighted by molar-refractivity contribution is 6.04. The number of epoxide rings is 1. The summed E-state index contributed by atoms with van der Waals surface area (Å²) in [5.41, 5.74) is -1.32. The molecule has 7 nitrogen and oxygen atoms in total. The molecule has 0 N–H and O–H groups in total. The lowest BCUT2D eigenvalue weighted by Gasteiger charge is -2.46. The number of ether oxygens (including phenoxy) is 3. The Morgan fingerprint density at radius 1 is 1.31 bits per heavy atom. The predicted octanol–water partition coefficient (Wildman–Crippen LogP) is 3.35. The molecule has 7 atom stereocenters. The van der Waals surface area contributed by atoms with Crippen LogP contribution in [-0.2, 0) is 33.4 Å². The topological polar surface area (TPSA) is 99.3 Å². The van der Waals surface area contributed by atoms with Gasteiger partial charge in [-0.15, -0.1) is 0 Å². The van der Waals surface area contributed by atoms with E-state index in [1.165, 1.54) is 13.2 Å². The Balaban J connectivity index is 2.13. The third kappa shape index (κ3) is 3.96. The van der Waals surface area contributed by atoms with Crippen LogP contribution in [0.4, 0.5) is 0 Å². The van der Waals surface area contributed by atoms with Crippen molar-refractivity contribution in [2.45, 2.75) is 78.1 Å². The fourth-order valence-corrected chi connectivity index (χ4v) is 5.35. The highest BCUT2D eigenvalue weighted by Crippen LogP contribution is 2.54. The van der Waals surface area contributed by atoms with Gasteiger partial charge < -0.3 is 14.2 Å². The summed E-state index contributed by atoms with van der Waals surface area (Å²) >= 11 is 0. The van der Waals surface area contributed by atoms with E-state index in [-0.39, 0.29) is 24.0 Å². The summed E-state index contributed by atoms with van der Waals surface area (Å²) in [7, 11) is 1.28. The van der Waals surface area contributed by atoms with Gasteiger partial charge in [-0.25, -0.2) is 0 Å². The normalized spacial score (nSPS) is 37.5. The number of fused-ring (bicyclic) bond motifs is 2. The maximum absolute atomic E-state index is 14.2. The number of esters is 2. The van der Waals surface area contributed by atoms with Crippen molar-refractivity contribution in [3.8, 4) is 0 Å². The van der Waals surface area contributed by atoms with E-state index in [4.69, 9.17) is 14.2 Å². The molecule has 1 aliphatic heterocycles. The van der Waals surface area contributed by atoms with Gasteiger partial charge in [0, 0.05) is 23.7 Å². The second kappa shape index (κ2) is 8.93. The number of methoxy groups -OCH3 is 1. The Morgan fingerprint density at radius 2 is 2.00 bits per heavy atom. The molecular formula is C25H34O7. The highest BCUT2D eigenvalue weighted by Gasteiger charge is 2.70. The molecule has 0 aromatic carbocycles. The van der Waals surface area contributed by atoms with Crippen molar-refractivity contribution in [2.75, 3.05) is 7.11 Å². The van der Waals surface area contributed by atoms with Gasteiger partial charge in [0.1, 0.15) is 12.2 Å². The molecule has 0 aromatic rings. The standard InChI is InChI=1S/C25H34O7/c1-7-8-20(27)31-18-10-9-14(2)13-19-25(32-19,16(4)23(29)30-6)22(28)21-15(3)17(26)11-12-24(18,21)5/h11-13,15-16,18-19,21H,7-10H2,1-6H3. The van der Waals surface area contributed by atoms with Crippen LogP contribution in [0.15, 0.2) is 23.8 Å². The summed E-state index contributed by atoms with van der Waals surface area (Å²) in [6.45, 7) is 9.06. The van der Waals surface area contributed by atoms with E-state index in [2.05, 4.69) is 0 Å². The van der Waals surface area contributed by atoms with Gasteiger partial charge in [-0.3, -0.25) is 19.2 Å². The second-order valence-electron chi connectivity index (χ2n) is 9.59. The molecule has 2 aliphatic carbocycles. The minimum atomic E-state index is -1.39. The van der Waals surface area contributed by atoms with Crippen LogP contribution in [0.5, 0.6) is 0 Å². The van der Waals surface area contributed by atoms with Crippen molar-refractivity contribution >= 4 is 23.5 Å². The van der Waals surface area contributed by atoms with Crippen molar-refractivity contribution in [1.29, 1.82) is 0 Å². The molecule has 1 heterocycles. The summed E-state index contributed by atoms with van der Waals surface area (Å²) in [6, 6.07) is 0. The van der Waals surface area contributed by atoms with Crippen LogP contribution in [0.3, 0.4) is 0 Å². The summed E-state index contributed by atoms with van der Waals surface area (Å²) in [5.74, 6) is -3.62. The minimum Gasteiger partial charge on any atom is -0.469 e. The van der Waals surface area contributed by atoms with E-state index in [0.29, 0.717) is 19.3 Å². The molecule has 7 heteroatoms. The smallest absolute Gasteiger partial charge is 0.311 e. The Kier molecular flexibility index (Phi) is 6.80. The first kappa shape index (κ1) is 24.4. The largest absolute Gasteiger partial charge is 0.469 e. The Hall–Kier alpha value is -2.28. The quantitative estimate of drug-likeness (QED) is 0.363. The van der Waals surface area contributed by atoms with Gasteiger partial charge in [0.2, 0.25) is 0 Å². The average Bonchev–Trinajstić information content (AvgIpc) is 3.47. The zero-order valence-electron chi connectivity index (χ0n) is 19.8. The fraction of sp³-hybridized carbons (Fsp3) is 0.680. The first-order chi connectivity index (χ1) is 15.0. The lowest BCUT2D eigenvalue weighted by molar-refractivity contribution is -0.163. The molecule has 0 saturated carbocycles. The second-order valence-corrected chi connectivity index (χ2v) is 9.59. The number of rotatable bonds is 5. The van der Waals surface area contributed by atoms with E-state index < -0.39 is 46.9 Å². The third-order valence-electron chi connectivity index (χ3n) is 7.44. The molecule has 7 unspecified atom stereocenters. The van der Waals surface area contributed by atoms with E-state index in [1.807, 2.05) is 26.8 Å². The van der Waals surface area contributed by atoms with Crippen molar-refractivity contribution < 1.29 is 33.4 Å². The summed E-state index contributed by atoms with van der Waals surface area (Å²) < 4.78 is 16.8. The number of hydrogen-bond acceptors (Lipinski definition) is 7. The first-order valence-corrected chi connectivity index (χ1v) is 11.4. The minimum absolute atomic E-state index is 0.165. The van der Waals surface area contributed by atoms with Crippen LogP contribution in [-0.4, -0.2) is 48.4 Å². The Labute approximate surface area is 189 Å². The molecule has 176 valence electrons. The van der Waals surface area contributed by atoms with Gasteiger partial charge in [-0.1, -0.05) is 38.5 Å². The number of ketones is 2. The van der Waals surface area contributed by atoms with Gasteiger partial charge in [-0.05, 0) is 39.2 Å². The lowest BCUT2D eigenvalue weighted by Crippen LogP contribution is -2.55. The van der Waals surface area contributed by atoms with E-state index in [1.54, 1.807) is 19.9 Å². The maximum atomic E-state index is 14.2. The number of allylic oxidation sites excluding steroid dienone is 2. The number of Topliss-reactive ketones (excluding diaryl/α,β-unsaturated/α-hetero) is 1. The van der Waals surface area contributed by atoms with Crippen LogP contribution < -0.4 is 0 Å². The predicted molar refractivity (Wildman–Crippen MR) is 116 cm³/mol. The van der Waals surface area contributed by atoms with Crippen molar-refractivity contribution in [3.05, 3.63) is 23.8 Å². The summed E-state index contributed by atoms with van der Waals surface area (Å²) in [6.07, 6.45) is 6.04. The molecule has 0 bridgehead atoms. The maximum Gasteiger partial charge on any atom is 0.311 e. The van der Waals surface area contributed by atoms with Crippen LogP contribution in [0.25, 0.3) is 0 Å². The average molecular weight is 447 g/mol. The van der Waals surface area contributed by atoms with Gasteiger partial charge in [0.15, 0.2) is 17.2 Å². The molecule has 0 aromatic heterocycles. The number of carbonyl (C=O) groups excluding carboxylic acids is 4. The Morgan fingerprint density at radius 3 is 2.62 bits per heavy atom. The number of hydrogen-bond donors (Lipinski definition) is 0. The first-order valence-electron chi connectivity index (χ1n) is 11.4. The molecule has 1 saturated heterocycles.